The molecule has 1 aliphatic carbocycles. The smallest absolute Gasteiger partial charge is 0.0449 e. The fraction of sp³-hybridized carbons (Fsp3) is 0.294. The van der Waals surface area contributed by atoms with E-state index < -0.39 is 0 Å². The molecule has 0 bridgehead atoms. The van der Waals surface area contributed by atoms with Crippen LogP contribution in [0.4, 0.5) is 0 Å². The number of hydrogen-bond donors (Lipinski definition) is 0. The molecule has 2 aromatic rings. The van der Waals surface area contributed by atoms with Crippen LogP contribution in [0.25, 0.3) is 5.69 Å². The third-order valence-electron chi connectivity index (χ3n) is 3.69. The van der Waals surface area contributed by atoms with E-state index >= 15 is 0 Å². The van der Waals surface area contributed by atoms with E-state index in [1.54, 1.807) is 0 Å². The Morgan fingerprint density at radius 3 is 2.50 bits per heavy atom. The molecule has 3 rings (SSSR count). The van der Waals surface area contributed by atoms with Crippen LogP contribution in [0.15, 0.2) is 60.9 Å². The molecule has 1 aromatic carbocycles. The fourth-order valence-electron chi connectivity index (χ4n) is 2.67. The van der Waals surface area contributed by atoms with Gasteiger partial charge in [0.05, 0.1) is 0 Å². The van der Waals surface area contributed by atoms with Gasteiger partial charge in [-0.3, -0.25) is 0 Å². The van der Waals surface area contributed by atoms with E-state index in [1.807, 2.05) is 0 Å². The van der Waals surface area contributed by atoms with Crippen molar-refractivity contribution in [3.05, 3.63) is 66.5 Å². The molecule has 0 amide bonds. The summed E-state index contributed by atoms with van der Waals surface area (Å²) in [5.74, 6) is 0.746. The summed E-state index contributed by atoms with van der Waals surface area (Å²) in [7, 11) is 0. The number of aromatic nitrogens is 1. The van der Waals surface area contributed by atoms with Gasteiger partial charge < -0.3 is 4.57 Å². The molecule has 0 N–H and O–H groups in total. The standard InChI is InChI=1S/C17H19N/c1-2-6-15(7-3-1)14-16-8-10-17(11-9-16)18-12-4-5-13-18/h2,4-6,8-13,15H,1,3,7,14H2/t15-/m1/s1. The van der Waals surface area contributed by atoms with Gasteiger partial charge in [-0.05, 0) is 61.4 Å². The first-order valence-corrected chi connectivity index (χ1v) is 6.81. The number of allylic oxidation sites excluding steroid dienone is 2. The molecule has 92 valence electrons. The average molecular weight is 237 g/mol. The van der Waals surface area contributed by atoms with Crippen molar-refractivity contribution < 1.29 is 0 Å². The molecule has 1 aromatic heterocycles. The van der Waals surface area contributed by atoms with E-state index in [4.69, 9.17) is 0 Å². The summed E-state index contributed by atoms with van der Waals surface area (Å²) in [6.45, 7) is 0. The van der Waals surface area contributed by atoms with E-state index in [-0.39, 0.29) is 0 Å². The van der Waals surface area contributed by atoms with Gasteiger partial charge >= 0.3 is 0 Å². The van der Waals surface area contributed by atoms with Crippen LogP contribution in [-0.4, -0.2) is 4.57 Å². The van der Waals surface area contributed by atoms with Crippen molar-refractivity contribution >= 4 is 0 Å². The lowest BCUT2D eigenvalue weighted by atomic mass is 9.90. The second-order valence-corrected chi connectivity index (χ2v) is 5.08. The van der Waals surface area contributed by atoms with Crippen molar-refractivity contribution in [1.82, 2.24) is 4.57 Å². The quantitative estimate of drug-likeness (QED) is 0.698. The van der Waals surface area contributed by atoms with Crippen LogP contribution in [0.3, 0.4) is 0 Å². The van der Waals surface area contributed by atoms with Crippen molar-refractivity contribution in [2.75, 3.05) is 0 Å². The summed E-state index contributed by atoms with van der Waals surface area (Å²) in [5, 5.41) is 0. The maximum Gasteiger partial charge on any atom is 0.0449 e. The number of benzene rings is 1. The highest BCUT2D eigenvalue weighted by atomic mass is 14.9. The lowest BCUT2D eigenvalue weighted by Crippen LogP contribution is -2.04. The average Bonchev–Trinajstić information content (AvgIpc) is 2.95. The van der Waals surface area contributed by atoms with Crippen LogP contribution >= 0.6 is 0 Å². The summed E-state index contributed by atoms with van der Waals surface area (Å²) < 4.78 is 2.14. The van der Waals surface area contributed by atoms with E-state index in [2.05, 4.69) is 65.5 Å². The molecule has 1 heterocycles. The van der Waals surface area contributed by atoms with Gasteiger partial charge in [0.2, 0.25) is 0 Å². The molecule has 0 aliphatic heterocycles. The third-order valence-corrected chi connectivity index (χ3v) is 3.69. The van der Waals surface area contributed by atoms with Gasteiger partial charge in [-0.25, -0.2) is 0 Å². The predicted octanol–water partition coefficient (Wildman–Crippen LogP) is 4.38. The molecule has 0 unspecified atom stereocenters. The molecular formula is C17H19N. The van der Waals surface area contributed by atoms with Crippen molar-refractivity contribution in [1.29, 1.82) is 0 Å². The molecule has 1 aliphatic rings. The van der Waals surface area contributed by atoms with E-state index in [0.29, 0.717) is 0 Å². The first-order chi connectivity index (χ1) is 8.92. The summed E-state index contributed by atoms with van der Waals surface area (Å²) in [6, 6.07) is 13.1. The van der Waals surface area contributed by atoms with Crippen molar-refractivity contribution in [3.8, 4) is 5.69 Å². The number of rotatable bonds is 3. The summed E-state index contributed by atoms with van der Waals surface area (Å²) in [4.78, 5) is 0. The van der Waals surface area contributed by atoms with Gasteiger partial charge in [0, 0.05) is 18.1 Å². The minimum Gasteiger partial charge on any atom is -0.324 e. The monoisotopic (exact) mass is 237 g/mol. The maximum absolute atomic E-state index is 2.39. The highest BCUT2D eigenvalue weighted by Crippen LogP contribution is 2.22. The molecular weight excluding hydrogens is 218 g/mol. The fourth-order valence-corrected chi connectivity index (χ4v) is 2.67. The second-order valence-electron chi connectivity index (χ2n) is 5.08. The Morgan fingerprint density at radius 2 is 1.83 bits per heavy atom. The maximum atomic E-state index is 2.39. The minimum absolute atomic E-state index is 0.746. The molecule has 0 radical (unpaired) electrons. The van der Waals surface area contributed by atoms with Crippen molar-refractivity contribution in [3.63, 3.8) is 0 Å². The third kappa shape index (κ3) is 2.56. The molecule has 0 saturated heterocycles. The molecule has 1 heteroatoms. The van der Waals surface area contributed by atoms with Gasteiger partial charge in [-0.1, -0.05) is 24.3 Å². The first kappa shape index (κ1) is 11.3. The topological polar surface area (TPSA) is 4.93 Å². The van der Waals surface area contributed by atoms with E-state index in [0.717, 1.165) is 5.92 Å². The molecule has 1 nitrogen and oxygen atoms in total. The van der Waals surface area contributed by atoms with Crippen LogP contribution in [0.2, 0.25) is 0 Å². The van der Waals surface area contributed by atoms with Gasteiger partial charge in [-0.15, -0.1) is 0 Å². The lowest BCUT2D eigenvalue weighted by molar-refractivity contribution is 0.539. The highest BCUT2D eigenvalue weighted by molar-refractivity contribution is 5.35. The van der Waals surface area contributed by atoms with Crippen molar-refractivity contribution in [2.24, 2.45) is 5.92 Å². The summed E-state index contributed by atoms with van der Waals surface area (Å²) in [5.41, 5.74) is 2.69. The van der Waals surface area contributed by atoms with Gasteiger partial charge in [0.1, 0.15) is 0 Å². The SMILES string of the molecule is C1=C[C@@H](Cc2ccc(-n3cccc3)cc2)CCC1. The van der Waals surface area contributed by atoms with Crippen LogP contribution in [-0.2, 0) is 6.42 Å². The number of hydrogen-bond acceptors (Lipinski definition) is 0. The Morgan fingerprint density at radius 1 is 1.06 bits per heavy atom. The Bertz CT molecular complexity index is 505. The Labute approximate surface area is 109 Å². The normalized spacial score (nSPS) is 19.0. The molecule has 0 fully saturated rings. The Balaban J connectivity index is 1.71. The van der Waals surface area contributed by atoms with Crippen molar-refractivity contribution in [2.45, 2.75) is 25.7 Å². The second kappa shape index (κ2) is 5.26. The largest absolute Gasteiger partial charge is 0.324 e. The molecule has 1 atom stereocenters. The van der Waals surface area contributed by atoms with Crippen LogP contribution < -0.4 is 0 Å². The van der Waals surface area contributed by atoms with Crippen LogP contribution in [0, 0.1) is 5.92 Å². The molecule has 18 heavy (non-hydrogen) atoms. The molecule has 0 spiro atoms. The molecule has 0 saturated carbocycles. The zero-order valence-electron chi connectivity index (χ0n) is 10.6. The summed E-state index contributed by atoms with van der Waals surface area (Å²) in [6.07, 6.45) is 14.0. The van der Waals surface area contributed by atoms with E-state index in [1.165, 1.54) is 36.9 Å². The predicted molar refractivity (Wildman–Crippen MR) is 76.0 cm³/mol. The lowest BCUT2D eigenvalue weighted by Gasteiger charge is -2.16. The Hall–Kier alpha value is -1.76. The van der Waals surface area contributed by atoms with Gasteiger partial charge in [0.15, 0.2) is 0 Å². The number of nitrogens with zero attached hydrogens (tertiary/aromatic N) is 1. The van der Waals surface area contributed by atoms with Crippen LogP contribution in [0.5, 0.6) is 0 Å². The van der Waals surface area contributed by atoms with Gasteiger partial charge in [-0.2, -0.15) is 0 Å². The Kier molecular flexibility index (Phi) is 3.31. The zero-order valence-corrected chi connectivity index (χ0v) is 10.6. The minimum atomic E-state index is 0.746. The van der Waals surface area contributed by atoms with Gasteiger partial charge in [0.25, 0.3) is 0 Å². The highest BCUT2D eigenvalue weighted by Gasteiger charge is 2.09. The van der Waals surface area contributed by atoms with Crippen LogP contribution in [0.1, 0.15) is 24.8 Å². The first-order valence-electron chi connectivity index (χ1n) is 6.81. The summed E-state index contributed by atoms with van der Waals surface area (Å²) >= 11 is 0. The van der Waals surface area contributed by atoms with E-state index in [9.17, 15) is 0 Å². The zero-order chi connectivity index (χ0) is 12.2.